The van der Waals surface area contributed by atoms with Gasteiger partial charge in [-0.2, -0.15) is 0 Å². The summed E-state index contributed by atoms with van der Waals surface area (Å²) in [5, 5.41) is 0. The number of carbonyl (C=O) groups excluding carboxylic acids is 1. The molecular formula is C17H17FO. The first-order chi connectivity index (χ1) is 8.99. The molecule has 0 atom stereocenters. The second-order valence-corrected chi connectivity index (χ2v) is 5.07. The molecular weight excluding hydrogens is 239 g/mol. The molecule has 0 saturated heterocycles. The average molecular weight is 256 g/mol. The summed E-state index contributed by atoms with van der Waals surface area (Å²) in [6, 6.07) is 12.1. The third-order valence-electron chi connectivity index (χ3n) is 3.27. The van der Waals surface area contributed by atoms with Crippen LogP contribution in [0, 0.1) is 12.7 Å². The summed E-state index contributed by atoms with van der Waals surface area (Å²) in [5.74, 6) is -0.0557. The summed E-state index contributed by atoms with van der Waals surface area (Å²) in [5.41, 5.74) is 2.71. The minimum absolute atomic E-state index is 0.144. The molecule has 19 heavy (non-hydrogen) atoms. The van der Waals surface area contributed by atoms with E-state index in [1.54, 1.807) is 31.2 Å². The highest BCUT2D eigenvalue weighted by molar-refractivity contribution is 6.09. The maximum atomic E-state index is 13.5. The topological polar surface area (TPSA) is 17.1 Å². The number of hydrogen-bond acceptors (Lipinski definition) is 1. The normalized spacial score (nSPS) is 10.8. The first kappa shape index (κ1) is 13.5. The fraction of sp³-hybridized carbons (Fsp3) is 0.235. The van der Waals surface area contributed by atoms with Crippen molar-refractivity contribution in [2.45, 2.75) is 26.7 Å². The Balaban J connectivity index is 2.30. The third kappa shape index (κ3) is 2.90. The van der Waals surface area contributed by atoms with Crippen molar-refractivity contribution in [3.05, 3.63) is 70.5 Å². The molecule has 2 aromatic rings. The molecule has 2 rings (SSSR count). The van der Waals surface area contributed by atoms with Gasteiger partial charge in [0.25, 0.3) is 0 Å². The van der Waals surface area contributed by atoms with Gasteiger partial charge in [0.1, 0.15) is 5.82 Å². The molecule has 0 N–H and O–H groups in total. The second kappa shape index (κ2) is 5.35. The Hall–Kier alpha value is -1.96. The summed E-state index contributed by atoms with van der Waals surface area (Å²) in [7, 11) is 0. The molecule has 0 amide bonds. The van der Waals surface area contributed by atoms with Crippen molar-refractivity contribution < 1.29 is 9.18 Å². The number of carbonyl (C=O) groups is 1. The summed E-state index contributed by atoms with van der Waals surface area (Å²) < 4.78 is 13.5. The monoisotopic (exact) mass is 256 g/mol. The lowest BCUT2D eigenvalue weighted by Crippen LogP contribution is -2.02. The van der Waals surface area contributed by atoms with E-state index in [-0.39, 0.29) is 11.6 Å². The van der Waals surface area contributed by atoms with Crippen LogP contribution in [0.4, 0.5) is 4.39 Å². The Morgan fingerprint density at radius 2 is 1.58 bits per heavy atom. The quantitative estimate of drug-likeness (QED) is 0.739. The van der Waals surface area contributed by atoms with Gasteiger partial charge in [0, 0.05) is 11.1 Å². The lowest BCUT2D eigenvalue weighted by atomic mass is 9.97. The maximum absolute atomic E-state index is 13.5. The number of aryl methyl sites for hydroxylation is 1. The van der Waals surface area contributed by atoms with Crippen molar-refractivity contribution in [1.29, 1.82) is 0 Å². The molecule has 0 aliphatic heterocycles. The highest BCUT2D eigenvalue weighted by atomic mass is 19.1. The Labute approximate surface area is 113 Å². The number of rotatable bonds is 3. The zero-order chi connectivity index (χ0) is 14.0. The molecule has 0 aromatic heterocycles. The second-order valence-electron chi connectivity index (χ2n) is 5.07. The maximum Gasteiger partial charge on any atom is 0.193 e. The highest BCUT2D eigenvalue weighted by Crippen LogP contribution is 2.18. The zero-order valence-electron chi connectivity index (χ0n) is 11.4. The van der Waals surface area contributed by atoms with E-state index in [2.05, 4.69) is 13.8 Å². The first-order valence-corrected chi connectivity index (χ1v) is 6.40. The Kier molecular flexibility index (Phi) is 3.79. The molecule has 0 bridgehead atoms. The summed E-state index contributed by atoms with van der Waals surface area (Å²) in [4.78, 5) is 12.2. The van der Waals surface area contributed by atoms with E-state index in [9.17, 15) is 9.18 Å². The average Bonchev–Trinajstić information content (AvgIpc) is 2.41. The predicted molar refractivity (Wildman–Crippen MR) is 75.1 cm³/mol. The van der Waals surface area contributed by atoms with Crippen molar-refractivity contribution in [3.63, 3.8) is 0 Å². The van der Waals surface area contributed by atoms with Gasteiger partial charge in [-0.3, -0.25) is 4.79 Å². The standard InChI is InChI=1S/C17H17FO/c1-11(2)13-6-8-14(9-7-13)17(19)15-5-4-12(3)16(18)10-15/h4-11H,1-3H3. The Morgan fingerprint density at radius 1 is 1.00 bits per heavy atom. The number of hydrogen-bond donors (Lipinski definition) is 0. The van der Waals surface area contributed by atoms with Crippen LogP contribution in [0.1, 0.15) is 46.8 Å². The van der Waals surface area contributed by atoms with Gasteiger partial charge in [-0.15, -0.1) is 0 Å². The van der Waals surface area contributed by atoms with Crippen LogP contribution >= 0.6 is 0 Å². The van der Waals surface area contributed by atoms with E-state index in [0.717, 1.165) is 0 Å². The van der Waals surface area contributed by atoms with Crippen molar-refractivity contribution in [2.24, 2.45) is 0 Å². The van der Waals surface area contributed by atoms with Crippen molar-refractivity contribution >= 4 is 5.78 Å². The largest absolute Gasteiger partial charge is 0.289 e. The molecule has 98 valence electrons. The van der Waals surface area contributed by atoms with Gasteiger partial charge >= 0.3 is 0 Å². The van der Waals surface area contributed by atoms with Crippen LogP contribution in [-0.2, 0) is 0 Å². The van der Waals surface area contributed by atoms with Crippen LogP contribution in [0.5, 0.6) is 0 Å². The zero-order valence-corrected chi connectivity index (χ0v) is 11.4. The fourth-order valence-electron chi connectivity index (χ4n) is 1.92. The van der Waals surface area contributed by atoms with Crippen LogP contribution in [-0.4, -0.2) is 5.78 Å². The SMILES string of the molecule is Cc1ccc(C(=O)c2ccc(C(C)C)cc2)cc1F. The molecule has 0 aliphatic rings. The number of benzene rings is 2. The molecule has 0 aliphatic carbocycles. The van der Waals surface area contributed by atoms with Crippen LogP contribution in [0.2, 0.25) is 0 Å². The van der Waals surface area contributed by atoms with Gasteiger partial charge < -0.3 is 0 Å². The minimum Gasteiger partial charge on any atom is -0.289 e. The molecule has 0 fully saturated rings. The van der Waals surface area contributed by atoms with E-state index in [1.165, 1.54) is 11.6 Å². The van der Waals surface area contributed by atoms with E-state index in [4.69, 9.17) is 0 Å². The van der Waals surface area contributed by atoms with Crippen LogP contribution < -0.4 is 0 Å². The lowest BCUT2D eigenvalue weighted by Gasteiger charge is -2.07. The lowest BCUT2D eigenvalue weighted by molar-refractivity contribution is 0.103. The fourth-order valence-corrected chi connectivity index (χ4v) is 1.92. The van der Waals surface area contributed by atoms with Crippen molar-refractivity contribution in [3.8, 4) is 0 Å². The van der Waals surface area contributed by atoms with Crippen molar-refractivity contribution in [2.75, 3.05) is 0 Å². The molecule has 2 aromatic carbocycles. The Morgan fingerprint density at radius 3 is 2.11 bits per heavy atom. The van der Waals surface area contributed by atoms with Gasteiger partial charge in [-0.1, -0.05) is 50.2 Å². The minimum atomic E-state index is -0.343. The van der Waals surface area contributed by atoms with Gasteiger partial charge in [0.15, 0.2) is 5.78 Å². The molecule has 0 unspecified atom stereocenters. The molecule has 1 nitrogen and oxygen atoms in total. The molecule has 0 heterocycles. The third-order valence-corrected chi connectivity index (χ3v) is 3.27. The molecule has 0 saturated carbocycles. The van der Waals surface area contributed by atoms with Crippen LogP contribution in [0.3, 0.4) is 0 Å². The van der Waals surface area contributed by atoms with Crippen LogP contribution in [0.25, 0.3) is 0 Å². The van der Waals surface area contributed by atoms with Crippen LogP contribution in [0.15, 0.2) is 42.5 Å². The number of ketones is 1. The Bertz CT molecular complexity index is 597. The summed E-state index contributed by atoms with van der Waals surface area (Å²) >= 11 is 0. The number of halogens is 1. The summed E-state index contributed by atoms with van der Waals surface area (Å²) in [6.07, 6.45) is 0. The molecule has 0 spiro atoms. The van der Waals surface area contributed by atoms with Crippen molar-refractivity contribution in [1.82, 2.24) is 0 Å². The van der Waals surface area contributed by atoms with E-state index in [0.29, 0.717) is 22.6 Å². The molecule has 2 heteroatoms. The van der Waals surface area contributed by atoms with Gasteiger partial charge in [0.2, 0.25) is 0 Å². The van der Waals surface area contributed by atoms with E-state index < -0.39 is 0 Å². The smallest absolute Gasteiger partial charge is 0.193 e. The molecule has 0 radical (unpaired) electrons. The van der Waals surface area contributed by atoms with Gasteiger partial charge in [-0.25, -0.2) is 4.39 Å². The highest BCUT2D eigenvalue weighted by Gasteiger charge is 2.11. The van der Waals surface area contributed by atoms with Gasteiger partial charge in [0.05, 0.1) is 0 Å². The summed E-state index contributed by atoms with van der Waals surface area (Å²) in [6.45, 7) is 5.89. The van der Waals surface area contributed by atoms with Gasteiger partial charge in [-0.05, 0) is 30.0 Å². The first-order valence-electron chi connectivity index (χ1n) is 6.40. The van der Waals surface area contributed by atoms with E-state index in [1.807, 2.05) is 12.1 Å². The predicted octanol–water partition coefficient (Wildman–Crippen LogP) is 4.49. The van der Waals surface area contributed by atoms with E-state index >= 15 is 0 Å².